The van der Waals surface area contributed by atoms with E-state index in [1.807, 2.05) is 26.0 Å². The van der Waals surface area contributed by atoms with Gasteiger partial charge in [-0.3, -0.25) is 0 Å². The van der Waals surface area contributed by atoms with Gasteiger partial charge in [-0.1, -0.05) is 6.07 Å². The Morgan fingerprint density at radius 2 is 1.74 bits per heavy atom. The zero-order valence-electron chi connectivity index (χ0n) is 13.9. The van der Waals surface area contributed by atoms with Crippen molar-refractivity contribution in [2.24, 2.45) is 5.92 Å². The van der Waals surface area contributed by atoms with Crippen molar-refractivity contribution in [2.75, 3.05) is 31.2 Å². The number of carbonyl (C=O) groups is 1. The quantitative estimate of drug-likeness (QED) is 0.882. The number of benzene rings is 1. The second-order valence-electron chi connectivity index (χ2n) is 6.32. The van der Waals surface area contributed by atoms with Gasteiger partial charge in [-0.25, -0.2) is 17.5 Å². The van der Waals surface area contributed by atoms with Crippen LogP contribution in [0.2, 0.25) is 0 Å². The van der Waals surface area contributed by atoms with Gasteiger partial charge in [0.1, 0.15) is 0 Å². The van der Waals surface area contributed by atoms with Crippen molar-refractivity contribution in [1.82, 2.24) is 9.62 Å². The Morgan fingerprint density at radius 3 is 2.26 bits per heavy atom. The second kappa shape index (κ2) is 7.31. The molecule has 0 radical (unpaired) electrons. The van der Waals surface area contributed by atoms with Crippen molar-refractivity contribution in [3.05, 3.63) is 29.3 Å². The molecule has 1 aliphatic rings. The fraction of sp³-hybridized carbons (Fsp3) is 0.562. The maximum absolute atomic E-state index is 12.0. The lowest BCUT2D eigenvalue weighted by Gasteiger charge is -2.30. The lowest BCUT2D eigenvalue weighted by Crippen LogP contribution is -2.41. The first kappa shape index (κ1) is 17.7. The third-order valence-electron chi connectivity index (χ3n) is 4.07. The van der Waals surface area contributed by atoms with Crippen LogP contribution >= 0.6 is 0 Å². The van der Waals surface area contributed by atoms with Gasteiger partial charge in [-0.2, -0.15) is 0 Å². The summed E-state index contributed by atoms with van der Waals surface area (Å²) in [6.45, 7) is 5.61. The molecule has 0 bridgehead atoms. The molecule has 0 atom stereocenters. The van der Waals surface area contributed by atoms with Crippen LogP contribution in [-0.4, -0.2) is 44.6 Å². The predicted molar refractivity (Wildman–Crippen MR) is 92.1 cm³/mol. The molecule has 2 N–H and O–H groups in total. The first-order chi connectivity index (χ1) is 10.7. The molecule has 1 fully saturated rings. The number of hydrogen-bond donors (Lipinski definition) is 2. The van der Waals surface area contributed by atoms with E-state index in [0.717, 1.165) is 29.7 Å². The van der Waals surface area contributed by atoms with Gasteiger partial charge in [0.25, 0.3) is 0 Å². The molecular formula is C16H25N3O3S. The molecule has 0 saturated carbocycles. The van der Waals surface area contributed by atoms with Crippen LogP contribution in [0.4, 0.5) is 10.5 Å². The Balaban J connectivity index is 1.77. The molecule has 2 amide bonds. The monoisotopic (exact) mass is 339 g/mol. The van der Waals surface area contributed by atoms with Crippen LogP contribution in [0.25, 0.3) is 0 Å². The van der Waals surface area contributed by atoms with Crippen molar-refractivity contribution in [3.8, 4) is 0 Å². The van der Waals surface area contributed by atoms with Gasteiger partial charge in [0, 0.05) is 25.3 Å². The highest BCUT2D eigenvalue weighted by atomic mass is 32.2. The van der Waals surface area contributed by atoms with E-state index in [0.29, 0.717) is 25.6 Å². The van der Waals surface area contributed by atoms with Crippen LogP contribution in [0, 0.1) is 19.8 Å². The summed E-state index contributed by atoms with van der Waals surface area (Å²) in [7, 11) is -3.10. The highest BCUT2D eigenvalue weighted by Crippen LogP contribution is 2.18. The smallest absolute Gasteiger partial charge is 0.319 e. The van der Waals surface area contributed by atoms with Crippen LogP contribution in [0.3, 0.4) is 0 Å². The zero-order valence-corrected chi connectivity index (χ0v) is 14.7. The van der Waals surface area contributed by atoms with Gasteiger partial charge in [-0.05, 0) is 55.9 Å². The Bertz CT molecular complexity index is 645. The number of carbonyl (C=O) groups excluding carboxylic acids is 1. The average Bonchev–Trinajstić information content (AvgIpc) is 2.43. The Hall–Kier alpha value is -1.60. The van der Waals surface area contributed by atoms with E-state index in [4.69, 9.17) is 0 Å². The molecule has 1 aliphatic heterocycles. The first-order valence-corrected chi connectivity index (χ1v) is 9.67. The van der Waals surface area contributed by atoms with Crippen molar-refractivity contribution in [1.29, 1.82) is 0 Å². The molecule has 0 aliphatic carbocycles. The van der Waals surface area contributed by atoms with E-state index in [2.05, 4.69) is 16.7 Å². The number of sulfonamides is 1. The molecule has 2 rings (SSSR count). The van der Waals surface area contributed by atoms with E-state index in [1.165, 1.54) is 10.6 Å². The van der Waals surface area contributed by atoms with Gasteiger partial charge in [-0.15, -0.1) is 0 Å². The summed E-state index contributed by atoms with van der Waals surface area (Å²) in [5.41, 5.74) is 2.99. The molecule has 128 valence electrons. The van der Waals surface area contributed by atoms with E-state index in [-0.39, 0.29) is 6.03 Å². The molecular weight excluding hydrogens is 314 g/mol. The summed E-state index contributed by atoms with van der Waals surface area (Å²) in [6, 6.07) is 5.69. The molecule has 23 heavy (non-hydrogen) atoms. The Labute approximate surface area is 138 Å². The fourth-order valence-corrected chi connectivity index (χ4v) is 3.78. The fourth-order valence-electron chi connectivity index (χ4n) is 2.90. The summed E-state index contributed by atoms with van der Waals surface area (Å²) in [4.78, 5) is 12.0. The third kappa shape index (κ3) is 5.51. The largest absolute Gasteiger partial charge is 0.338 e. The lowest BCUT2D eigenvalue weighted by molar-refractivity contribution is 0.241. The predicted octanol–water partition coefficient (Wildman–Crippen LogP) is 2.10. The van der Waals surface area contributed by atoms with Crippen molar-refractivity contribution in [3.63, 3.8) is 0 Å². The van der Waals surface area contributed by atoms with Gasteiger partial charge in [0.15, 0.2) is 0 Å². The molecule has 7 heteroatoms. The SMILES string of the molecule is Cc1cc(C)cc(NC(=O)NCC2CCN(S(C)(=O)=O)CC2)c1. The Morgan fingerprint density at radius 1 is 1.17 bits per heavy atom. The van der Waals surface area contributed by atoms with Crippen LogP contribution in [0.1, 0.15) is 24.0 Å². The number of aryl methyl sites for hydroxylation is 2. The van der Waals surface area contributed by atoms with Crippen LogP contribution in [-0.2, 0) is 10.0 Å². The van der Waals surface area contributed by atoms with Crippen molar-refractivity contribution in [2.45, 2.75) is 26.7 Å². The first-order valence-electron chi connectivity index (χ1n) is 7.82. The minimum absolute atomic E-state index is 0.222. The third-order valence-corrected chi connectivity index (χ3v) is 5.38. The normalized spacial score (nSPS) is 17.0. The topological polar surface area (TPSA) is 78.5 Å². The minimum Gasteiger partial charge on any atom is -0.338 e. The summed E-state index contributed by atoms with van der Waals surface area (Å²) in [6.07, 6.45) is 2.79. The highest BCUT2D eigenvalue weighted by Gasteiger charge is 2.24. The van der Waals surface area contributed by atoms with E-state index in [1.54, 1.807) is 0 Å². The van der Waals surface area contributed by atoms with Crippen LogP contribution in [0.15, 0.2) is 18.2 Å². The van der Waals surface area contributed by atoms with Gasteiger partial charge in [0.2, 0.25) is 10.0 Å². The average molecular weight is 339 g/mol. The maximum atomic E-state index is 12.0. The molecule has 1 heterocycles. The zero-order chi connectivity index (χ0) is 17.0. The standard InChI is InChI=1S/C16H25N3O3S/c1-12-8-13(2)10-15(9-12)18-16(20)17-11-14-4-6-19(7-5-14)23(3,21)22/h8-10,14H,4-7,11H2,1-3H3,(H2,17,18,20). The minimum atomic E-state index is -3.10. The number of rotatable bonds is 4. The number of piperidine rings is 1. The van der Waals surface area contributed by atoms with Gasteiger partial charge >= 0.3 is 6.03 Å². The van der Waals surface area contributed by atoms with E-state index < -0.39 is 10.0 Å². The number of nitrogens with one attached hydrogen (secondary N) is 2. The van der Waals surface area contributed by atoms with Gasteiger partial charge < -0.3 is 10.6 Å². The molecule has 0 unspecified atom stereocenters. The summed E-state index contributed by atoms with van der Waals surface area (Å²) in [5.74, 6) is 0.318. The lowest BCUT2D eigenvalue weighted by atomic mass is 9.98. The number of amides is 2. The molecule has 1 aromatic rings. The molecule has 6 nitrogen and oxygen atoms in total. The number of hydrogen-bond acceptors (Lipinski definition) is 3. The van der Waals surface area contributed by atoms with Crippen LogP contribution < -0.4 is 10.6 Å². The number of anilines is 1. The molecule has 0 aromatic heterocycles. The number of urea groups is 1. The Kier molecular flexibility index (Phi) is 5.64. The summed E-state index contributed by atoms with van der Waals surface area (Å²) >= 11 is 0. The number of nitrogens with zero attached hydrogens (tertiary/aromatic N) is 1. The van der Waals surface area contributed by atoms with E-state index >= 15 is 0 Å². The van der Waals surface area contributed by atoms with Crippen LogP contribution in [0.5, 0.6) is 0 Å². The van der Waals surface area contributed by atoms with Crippen molar-refractivity contribution < 1.29 is 13.2 Å². The van der Waals surface area contributed by atoms with Crippen molar-refractivity contribution >= 4 is 21.7 Å². The molecule has 1 saturated heterocycles. The molecule has 0 spiro atoms. The molecule has 1 aromatic carbocycles. The maximum Gasteiger partial charge on any atom is 0.319 e. The summed E-state index contributed by atoms with van der Waals surface area (Å²) < 4.78 is 24.4. The second-order valence-corrected chi connectivity index (χ2v) is 8.30. The highest BCUT2D eigenvalue weighted by molar-refractivity contribution is 7.88. The van der Waals surface area contributed by atoms with E-state index in [9.17, 15) is 13.2 Å². The van der Waals surface area contributed by atoms with Gasteiger partial charge in [0.05, 0.1) is 6.26 Å². The summed E-state index contributed by atoms with van der Waals surface area (Å²) in [5, 5.41) is 5.72.